The largest absolute Gasteiger partial charge is 0.485 e. The summed E-state index contributed by atoms with van der Waals surface area (Å²) in [5, 5.41) is 9.10. The van der Waals surface area contributed by atoms with Crippen LogP contribution in [0.15, 0.2) is 35.3 Å². The molecule has 1 atom stereocenters. The van der Waals surface area contributed by atoms with Crippen LogP contribution in [-0.4, -0.2) is 11.2 Å². The number of aliphatic hydroxyl groups is 1. The van der Waals surface area contributed by atoms with Crippen LogP contribution in [0.3, 0.4) is 0 Å². The van der Waals surface area contributed by atoms with Crippen LogP contribution in [0.1, 0.15) is 12.5 Å². The first kappa shape index (κ1) is 11.3. The van der Waals surface area contributed by atoms with Crippen LogP contribution in [0, 0.1) is 0 Å². The third kappa shape index (κ3) is 2.59. The number of para-hydroxylation sites is 1. The van der Waals surface area contributed by atoms with Crippen molar-refractivity contribution in [1.29, 1.82) is 0 Å². The Morgan fingerprint density at radius 1 is 1.64 bits per heavy atom. The van der Waals surface area contributed by atoms with E-state index in [-0.39, 0.29) is 12.7 Å². The van der Waals surface area contributed by atoms with E-state index >= 15 is 0 Å². The molecule has 1 unspecified atom stereocenters. The van der Waals surface area contributed by atoms with Crippen LogP contribution in [0.5, 0.6) is 5.75 Å². The maximum absolute atomic E-state index is 9.10. The van der Waals surface area contributed by atoms with E-state index in [1.807, 2.05) is 25.1 Å². The van der Waals surface area contributed by atoms with Crippen LogP contribution < -0.4 is 4.74 Å². The van der Waals surface area contributed by atoms with E-state index in [9.17, 15) is 0 Å². The van der Waals surface area contributed by atoms with Gasteiger partial charge in [-0.3, -0.25) is 0 Å². The molecular weight excluding hydrogens is 244 g/mol. The third-order valence-corrected chi connectivity index (χ3v) is 2.48. The monoisotopic (exact) mass is 256 g/mol. The zero-order valence-corrected chi connectivity index (χ0v) is 9.62. The highest BCUT2D eigenvalue weighted by atomic mass is 79.9. The highest BCUT2D eigenvalue weighted by Crippen LogP contribution is 2.29. The lowest BCUT2D eigenvalue weighted by atomic mass is 10.2. The Morgan fingerprint density at radius 3 is 2.93 bits per heavy atom. The molecule has 0 aromatic heterocycles. The van der Waals surface area contributed by atoms with Crippen molar-refractivity contribution in [2.45, 2.75) is 19.6 Å². The minimum Gasteiger partial charge on any atom is -0.485 e. The fourth-order valence-electron chi connectivity index (χ4n) is 1.04. The van der Waals surface area contributed by atoms with Crippen LogP contribution in [0.4, 0.5) is 0 Å². The van der Waals surface area contributed by atoms with Crippen molar-refractivity contribution >= 4 is 15.9 Å². The second-order valence-electron chi connectivity index (χ2n) is 2.94. The first-order chi connectivity index (χ1) is 6.69. The van der Waals surface area contributed by atoms with Crippen LogP contribution >= 0.6 is 15.9 Å². The minimum atomic E-state index is -0.0704. The fourth-order valence-corrected chi connectivity index (χ4v) is 1.54. The Balaban J connectivity index is 2.98. The molecule has 0 aliphatic carbocycles. The third-order valence-electron chi connectivity index (χ3n) is 1.85. The summed E-state index contributed by atoms with van der Waals surface area (Å²) in [7, 11) is 0. The molecule has 0 saturated carbocycles. The second-order valence-corrected chi connectivity index (χ2v) is 3.80. The van der Waals surface area contributed by atoms with Crippen molar-refractivity contribution in [3.05, 3.63) is 40.9 Å². The molecule has 3 heteroatoms. The van der Waals surface area contributed by atoms with Gasteiger partial charge in [-0.15, -0.1) is 0 Å². The van der Waals surface area contributed by atoms with E-state index in [0.29, 0.717) is 5.75 Å². The Morgan fingerprint density at radius 2 is 2.36 bits per heavy atom. The first-order valence-electron chi connectivity index (χ1n) is 4.36. The van der Waals surface area contributed by atoms with Gasteiger partial charge in [0.1, 0.15) is 11.9 Å². The average Bonchev–Trinajstić information content (AvgIpc) is 2.20. The van der Waals surface area contributed by atoms with Gasteiger partial charge in [-0.2, -0.15) is 0 Å². The number of ether oxygens (including phenoxy) is 1. The predicted octanol–water partition coefficient (Wildman–Crippen LogP) is 2.89. The van der Waals surface area contributed by atoms with Gasteiger partial charge in [0.25, 0.3) is 0 Å². The molecule has 2 nitrogen and oxygen atoms in total. The average molecular weight is 257 g/mol. The van der Waals surface area contributed by atoms with E-state index in [4.69, 9.17) is 9.84 Å². The van der Waals surface area contributed by atoms with Gasteiger partial charge in [0.05, 0.1) is 11.1 Å². The molecule has 14 heavy (non-hydrogen) atoms. The molecule has 1 N–H and O–H groups in total. The van der Waals surface area contributed by atoms with Crippen molar-refractivity contribution < 1.29 is 9.84 Å². The molecule has 0 aliphatic rings. The number of halogens is 1. The summed E-state index contributed by atoms with van der Waals surface area (Å²) in [5.74, 6) is 0.683. The van der Waals surface area contributed by atoms with Gasteiger partial charge in [0.2, 0.25) is 0 Å². The van der Waals surface area contributed by atoms with E-state index < -0.39 is 0 Å². The molecule has 0 bridgehead atoms. The van der Waals surface area contributed by atoms with Crippen molar-refractivity contribution in [3.63, 3.8) is 0 Å². The Hall–Kier alpha value is -0.800. The van der Waals surface area contributed by atoms with E-state index in [1.54, 1.807) is 6.08 Å². The summed E-state index contributed by atoms with van der Waals surface area (Å²) in [6.07, 6.45) is 1.64. The van der Waals surface area contributed by atoms with Crippen molar-refractivity contribution in [1.82, 2.24) is 0 Å². The number of hydrogen-bond acceptors (Lipinski definition) is 2. The zero-order chi connectivity index (χ0) is 10.6. The van der Waals surface area contributed by atoms with Gasteiger partial charge in [-0.1, -0.05) is 24.8 Å². The summed E-state index contributed by atoms with van der Waals surface area (Å²) < 4.78 is 6.44. The first-order valence-corrected chi connectivity index (χ1v) is 5.15. The molecule has 0 radical (unpaired) electrons. The molecule has 1 aromatic carbocycles. The Labute approximate surface area is 92.3 Å². The maximum Gasteiger partial charge on any atom is 0.139 e. The van der Waals surface area contributed by atoms with Crippen LogP contribution in [-0.2, 0) is 6.61 Å². The van der Waals surface area contributed by atoms with Crippen LogP contribution in [0.2, 0.25) is 0 Å². The van der Waals surface area contributed by atoms with Gasteiger partial charge >= 0.3 is 0 Å². The summed E-state index contributed by atoms with van der Waals surface area (Å²) >= 11 is 3.38. The predicted molar refractivity (Wildman–Crippen MR) is 60.4 cm³/mol. The number of aliphatic hydroxyl groups excluding tert-OH is 1. The molecule has 0 spiro atoms. The molecule has 0 amide bonds. The number of benzene rings is 1. The van der Waals surface area contributed by atoms with Gasteiger partial charge in [0.15, 0.2) is 0 Å². The van der Waals surface area contributed by atoms with Gasteiger partial charge in [-0.25, -0.2) is 0 Å². The van der Waals surface area contributed by atoms with Crippen molar-refractivity contribution in [2.24, 2.45) is 0 Å². The molecule has 0 aliphatic heterocycles. The molecule has 0 saturated heterocycles. The molecule has 1 rings (SSSR count). The van der Waals surface area contributed by atoms with Crippen molar-refractivity contribution in [2.75, 3.05) is 0 Å². The lowest BCUT2D eigenvalue weighted by Crippen LogP contribution is -2.09. The summed E-state index contributed by atoms with van der Waals surface area (Å²) in [6.45, 7) is 5.51. The molecule has 1 aromatic rings. The van der Waals surface area contributed by atoms with Crippen LogP contribution in [0.25, 0.3) is 0 Å². The fraction of sp³-hybridized carbons (Fsp3) is 0.273. The zero-order valence-electron chi connectivity index (χ0n) is 8.03. The number of rotatable bonds is 4. The molecule has 0 heterocycles. The molecular formula is C11H13BrO2. The molecule has 76 valence electrons. The second kappa shape index (κ2) is 5.17. The summed E-state index contributed by atoms with van der Waals surface area (Å²) in [5.41, 5.74) is 0.771. The maximum atomic E-state index is 9.10. The quantitative estimate of drug-likeness (QED) is 0.840. The minimum absolute atomic E-state index is 0.0291. The highest BCUT2D eigenvalue weighted by molar-refractivity contribution is 9.10. The van der Waals surface area contributed by atoms with E-state index in [1.165, 1.54) is 0 Å². The van der Waals surface area contributed by atoms with Gasteiger partial charge in [-0.05, 0) is 28.9 Å². The van der Waals surface area contributed by atoms with Gasteiger partial charge in [0, 0.05) is 5.56 Å². The normalized spacial score (nSPS) is 12.2. The summed E-state index contributed by atoms with van der Waals surface area (Å²) in [4.78, 5) is 0. The van der Waals surface area contributed by atoms with Gasteiger partial charge < -0.3 is 9.84 Å². The molecule has 0 fully saturated rings. The summed E-state index contributed by atoms with van der Waals surface area (Å²) in [6, 6.07) is 5.57. The highest BCUT2D eigenvalue weighted by Gasteiger charge is 2.08. The topological polar surface area (TPSA) is 29.5 Å². The van der Waals surface area contributed by atoms with E-state index in [2.05, 4.69) is 22.5 Å². The SMILES string of the molecule is C=CC(C)Oc1c(Br)cccc1CO. The van der Waals surface area contributed by atoms with Crippen molar-refractivity contribution in [3.8, 4) is 5.75 Å². The Kier molecular flexibility index (Phi) is 4.17. The standard InChI is InChI=1S/C11H13BrO2/c1-3-8(2)14-11-9(7-13)5-4-6-10(11)12/h3-6,8,13H,1,7H2,2H3. The smallest absolute Gasteiger partial charge is 0.139 e. The lowest BCUT2D eigenvalue weighted by Gasteiger charge is -2.15. The number of hydrogen-bond donors (Lipinski definition) is 1. The Bertz CT molecular complexity index is 323. The van der Waals surface area contributed by atoms with E-state index in [0.717, 1.165) is 10.0 Å². The lowest BCUT2D eigenvalue weighted by molar-refractivity contribution is 0.242.